The van der Waals surface area contributed by atoms with Crippen molar-refractivity contribution in [2.24, 2.45) is 0 Å². The van der Waals surface area contributed by atoms with Crippen LogP contribution in [0.1, 0.15) is 37.0 Å². The van der Waals surface area contributed by atoms with Crippen LogP contribution < -0.4 is 5.32 Å². The third-order valence-electron chi connectivity index (χ3n) is 6.17. The molecule has 0 aliphatic carbocycles. The van der Waals surface area contributed by atoms with Gasteiger partial charge in [0.2, 0.25) is 5.91 Å². The lowest BCUT2D eigenvalue weighted by Gasteiger charge is -2.12. The SMILES string of the molecule is C\C=C/C(=C\C=C\CC(CO)NC(=O)/C=C/c1ccc(-c2ccc(Cl)cc2)cc1O)OCc1ccc(CC)cc1. The Balaban J connectivity index is 1.52. The maximum Gasteiger partial charge on any atom is 0.244 e. The van der Waals surface area contributed by atoms with Gasteiger partial charge in [0.25, 0.3) is 0 Å². The average molecular weight is 558 g/mol. The molecule has 0 fully saturated rings. The molecule has 40 heavy (non-hydrogen) atoms. The predicted molar refractivity (Wildman–Crippen MR) is 164 cm³/mol. The van der Waals surface area contributed by atoms with Gasteiger partial charge in [-0.05, 0) is 78.4 Å². The quantitative estimate of drug-likeness (QED) is 0.116. The number of ether oxygens (including phenoxy) is 1. The molecule has 0 aliphatic heterocycles. The summed E-state index contributed by atoms with van der Waals surface area (Å²) < 4.78 is 5.93. The van der Waals surface area contributed by atoms with E-state index < -0.39 is 6.04 Å². The minimum absolute atomic E-state index is 0.0575. The van der Waals surface area contributed by atoms with Crippen molar-refractivity contribution in [2.45, 2.75) is 39.3 Å². The Morgan fingerprint density at radius 3 is 2.35 bits per heavy atom. The normalized spacial score (nSPS) is 12.8. The molecule has 1 atom stereocenters. The van der Waals surface area contributed by atoms with Crippen molar-refractivity contribution in [3.8, 4) is 16.9 Å². The maximum absolute atomic E-state index is 12.4. The number of allylic oxidation sites excluding steroid dienone is 4. The first-order valence-corrected chi connectivity index (χ1v) is 13.7. The van der Waals surface area contributed by atoms with Gasteiger partial charge in [0.05, 0.1) is 12.6 Å². The summed E-state index contributed by atoms with van der Waals surface area (Å²) in [5.41, 5.74) is 4.66. The van der Waals surface area contributed by atoms with Crippen LogP contribution in [0.15, 0.2) is 109 Å². The summed E-state index contributed by atoms with van der Waals surface area (Å²) in [6.45, 7) is 4.31. The molecule has 3 rings (SSSR count). The van der Waals surface area contributed by atoms with Crippen LogP contribution in [-0.2, 0) is 22.6 Å². The first kappa shape index (κ1) is 30.5. The van der Waals surface area contributed by atoms with Gasteiger partial charge in [-0.3, -0.25) is 4.79 Å². The van der Waals surface area contributed by atoms with E-state index in [0.29, 0.717) is 29.4 Å². The van der Waals surface area contributed by atoms with Gasteiger partial charge in [0.15, 0.2) is 0 Å². The zero-order valence-corrected chi connectivity index (χ0v) is 23.6. The Morgan fingerprint density at radius 2 is 1.70 bits per heavy atom. The first-order valence-electron chi connectivity index (χ1n) is 13.3. The standard InChI is InChI=1S/C34H36ClNO4/c1-3-7-32(40-24-26-12-10-25(4-2)11-13-26)9-6-5-8-31(23-37)36-34(39)21-18-28-14-15-29(22-33(28)38)27-16-19-30(35)20-17-27/h3,5-7,9-22,31,37-38H,4,8,23-24H2,1-2H3,(H,36,39)/b6-5+,7-3-,21-18+,32-9+. The highest BCUT2D eigenvalue weighted by molar-refractivity contribution is 6.30. The Bertz CT molecular complexity index is 1360. The van der Waals surface area contributed by atoms with E-state index in [2.05, 4.69) is 36.5 Å². The molecule has 0 aliphatic rings. The van der Waals surface area contributed by atoms with Crippen LogP contribution in [-0.4, -0.2) is 28.8 Å². The fourth-order valence-corrected chi connectivity index (χ4v) is 3.99. The fraction of sp³-hybridized carbons (Fsp3) is 0.206. The topological polar surface area (TPSA) is 78.8 Å². The van der Waals surface area contributed by atoms with Crippen molar-refractivity contribution in [1.29, 1.82) is 0 Å². The lowest BCUT2D eigenvalue weighted by atomic mass is 10.0. The highest BCUT2D eigenvalue weighted by atomic mass is 35.5. The number of halogens is 1. The van der Waals surface area contributed by atoms with Crippen molar-refractivity contribution in [1.82, 2.24) is 5.32 Å². The number of phenols is 1. The highest BCUT2D eigenvalue weighted by Gasteiger charge is 2.08. The molecular formula is C34H36ClNO4. The minimum Gasteiger partial charge on any atom is -0.507 e. The number of aliphatic hydroxyl groups is 1. The number of aliphatic hydroxyl groups excluding tert-OH is 1. The summed E-state index contributed by atoms with van der Waals surface area (Å²) in [6, 6.07) is 20.5. The second-order valence-electron chi connectivity index (χ2n) is 9.19. The number of amides is 1. The van der Waals surface area contributed by atoms with Gasteiger partial charge in [0.1, 0.15) is 18.1 Å². The van der Waals surface area contributed by atoms with E-state index in [4.69, 9.17) is 16.3 Å². The third-order valence-corrected chi connectivity index (χ3v) is 6.43. The van der Waals surface area contributed by atoms with Gasteiger partial charge < -0.3 is 20.3 Å². The van der Waals surface area contributed by atoms with Crippen LogP contribution in [0.3, 0.4) is 0 Å². The van der Waals surface area contributed by atoms with E-state index in [1.54, 1.807) is 30.3 Å². The molecular weight excluding hydrogens is 522 g/mol. The number of rotatable bonds is 13. The highest BCUT2D eigenvalue weighted by Crippen LogP contribution is 2.28. The molecule has 0 heterocycles. The van der Waals surface area contributed by atoms with Gasteiger partial charge >= 0.3 is 0 Å². The van der Waals surface area contributed by atoms with Crippen LogP contribution >= 0.6 is 11.6 Å². The number of carbonyl (C=O) groups excluding carboxylic acids is 1. The fourth-order valence-electron chi connectivity index (χ4n) is 3.86. The van der Waals surface area contributed by atoms with Crippen LogP contribution in [0.4, 0.5) is 0 Å². The van der Waals surface area contributed by atoms with Gasteiger partial charge in [-0.25, -0.2) is 0 Å². The molecule has 6 heteroatoms. The molecule has 0 spiro atoms. The largest absolute Gasteiger partial charge is 0.507 e. The molecule has 1 unspecified atom stereocenters. The summed E-state index contributed by atoms with van der Waals surface area (Å²) in [5, 5.41) is 23.6. The Labute approximate surface area is 241 Å². The molecule has 0 saturated carbocycles. The number of hydrogen-bond donors (Lipinski definition) is 3. The predicted octanol–water partition coefficient (Wildman–Crippen LogP) is 7.39. The number of benzene rings is 3. The zero-order chi connectivity index (χ0) is 28.7. The third kappa shape index (κ3) is 9.92. The summed E-state index contributed by atoms with van der Waals surface area (Å²) in [6.07, 6.45) is 13.7. The molecule has 3 N–H and O–H groups in total. The van der Waals surface area contributed by atoms with Crippen molar-refractivity contribution < 1.29 is 19.7 Å². The van der Waals surface area contributed by atoms with E-state index in [9.17, 15) is 15.0 Å². The van der Waals surface area contributed by atoms with E-state index in [1.165, 1.54) is 11.6 Å². The molecule has 3 aromatic carbocycles. The Hall–Kier alpha value is -4.06. The Kier molecular flexibility index (Phi) is 12.3. The molecule has 0 radical (unpaired) electrons. The smallest absolute Gasteiger partial charge is 0.244 e. The number of aromatic hydroxyl groups is 1. The zero-order valence-electron chi connectivity index (χ0n) is 22.9. The summed E-state index contributed by atoms with van der Waals surface area (Å²) >= 11 is 5.94. The van der Waals surface area contributed by atoms with Gasteiger partial charge in [0, 0.05) is 16.7 Å². The van der Waals surface area contributed by atoms with Crippen LogP contribution in [0, 0.1) is 0 Å². The molecule has 1 amide bonds. The van der Waals surface area contributed by atoms with Crippen molar-refractivity contribution >= 4 is 23.6 Å². The number of nitrogens with one attached hydrogen (secondary N) is 1. The van der Waals surface area contributed by atoms with Crippen LogP contribution in [0.25, 0.3) is 17.2 Å². The average Bonchev–Trinajstić information content (AvgIpc) is 2.97. The number of phenolic OH excluding ortho intramolecular Hbond substituents is 1. The Morgan fingerprint density at radius 1 is 1.00 bits per heavy atom. The van der Waals surface area contributed by atoms with E-state index in [0.717, 1.165) is 23.1 Å². The summed E-state index contributed by atoms with van der Waals surface area (Å²) in [5.74, 6) is 0.408. The number of carbonyl (C=O) groups is 1. The minimum atomic E-state index is -0.453. The van der Waals surface area contributed by atoms with E-state index >= 15 is 0 Å². The molecule has 0 saturated heterocycles. The lowest BCUT2D eigenvalue weighted by Crippen LogP contribution is -2.36. The van der Waals surface area contributed by atoms with Gasteiger partial charge in [-0.2, -0.15) is 0 Å². The van der Waals surface area contributed by atoms with Gasteiger partial charge in [-0.1, -0.05) is 85.3 Å². The van der Waals surface area contributed by atoms with E-state index in [1.807, 2.05) is 55.5 Å². The first-order chi connectivity index (χ1) is 19.4. The lowest BCUT2D eigenvalue weighted by molar-refractivity contribution is -0.117. The number of aryl methyl sites for hydroxylation is 1. The molecule has 208 valence electrons. The van der Waals surface area contributed by atoms with E-state index in [-0.39, 0.29) is 18.3 Å². The summed E-state index contributed by atoms with van der Waals surface area (Å²) in [4.78, 5) is 12.4. The van der Waals surface area contributed by atoms with Crippen molar-refractivity contribution in [3.05, 3.63) is 131 Å². The monoisotopic (exact) mass is 557 g/mol. The maximum atomic E-state index is 12.4. The van der Waals surface area contributed by atoms with Crippen LogP contribution in [0.2, 0.25) is 5.02 Å². The second kappa shape index (κ2) is 16.1. The molecule has 5 nitrogen and oxygen atoms in total. The van der Waals surface area contributed by atoms with Crippen LogP contribution in [0.5, 0.6) is 5.75 Å². The van der Waals surface area contributed by atoms with Crippen molar-refractivity contribution in [2.75, 3.05) is 6.61 Å². The summed E-state index contributed by atoms with van der Waals surface area (Å²) in [7, 11) is 0. The van der Waals surface area contributed by atoms with Crippen molar-refractivity contribution in [3.63, 3.8) is 0 Å². The second-order valence-corrected chi connectivity index (χ2v) is 9.63. The van der Waals surface area contributed by atoms with Gasteiger partial charge in [-0.15, -0.1) is 0 Å². The molecule has 0 bridgehead atoms. The number of hydrogen-bond acceptors (Lipinski definition) is 4. The molecule has 3 aromatic rings. The molecule has 0 aromatic heterocycles.